The van der Waals surface area contributed by atoms with E-state index in [1.54, 1.807) is 12.1 Å². The van der Waals surface area contributed by atoms with Crippen LogP contribution < -0.4 is 10.2 Å². The van der Waals surface area contributed by atoms with Crippen molar-refractivity contribution in [2.75, 3.05) is 23.3 Å². The predicted molar refractivity (Wildman–Crippen MR) is 124 cm³/mol. The van der Waals surface area contributed by atoms with Crippen molar-refractivity contribution in [1.82, 2.24) is 10.2 Å². The second-order valence-electron chi connectivity index (χ2n) is 7.63. The molecule has 1 aromatic heterocycles. The first-order valence-electron chi connectivity index (χ1n) is 10.5. The maximum atomic E-state index is 12.6. The lowest BCUT2D eigenvalue weighted by Gasteiger charge is -2.20. The Balaban J connectivity index is 1.46. The summed E-state index contributed by atoms with van der Waals surface area (Å²) < 4.78 is 0. The summed E-state index contributed by atoms with van der Waals surface area (Å²) >= 11 is 5.91. The number of hydrogen-bond acceptors (Lipinski definition) is 6. The Kier molecular flexibility index (Phi) is 6.61. The minimum absolute atomic E-state index is 0.0958. The normalized spacial score (nSPS) is 14.0. The Labute approximate surface area is 190 Å². The van der Waals surface area contributed by atoms with Gasteiger partial charge in [-0.3, -0.25) is 14.9 Å². The van der Waals surface area contributed by atoms with E-state index in [2.05, 4.69) is 20.4 Å². The number of nitrogens with one attached hydrogen (secondary N) is 1. The zero-order valence-electron chi connectivity index (χ0n) is 17.3. The van der Waals surface area contributed by atoms with Gasteiger partial charge >= 0.3 is 0 Å². The number of amides is 1. The smallest absolute Gasteiger partial charge is 0.282 e. The number of carbonyl (C=O) groups excluding carboxylic acids is 1. The zero-order valence-corrected chi connectivity index (χ0v) is 18.1. The maximum absolute atomic E-state index is 12.6. The van der Waals surface area contributed by atoms with Gasteiger partial charge in [0.25, 0.3) is 11.6 Å². The van der Waals surface area contributed by atoms with E-state index < -0.39 is 10.8 Å². The monoisotopic (exact) mass is 451 g/mol. The maximum Gasteiger partial charge on any atom is 0.282 e. The summed E-state index contributed by atoms with van der Waals surface area (Å²) in [5.74, 6) is 0.288. The van der Waals surface area contributed by atoms with E-state index in [1.807, 2.05) is 24.3 Å². The van der Waals surface area contributed by atoms with Crippen LogP contribution in [0.2, 0.25) is 5.02 Å². The SMILES string of the molecule is O=C(Nc1ccc(-c2ccc(N3CCCCCC3)nn2)cc1)c1cc(Cl)ccc1[N+](=O)[O-]. The lowest BCUT2D eigenvalue weighted by Crippen LogP contribution is -2.25. The fraction of sp³-hybridized carbons (Fsp3) is 0.261. The topological polar surface area (TPSA) is 101 Å². The van der Waals surface area contributed by atoms with Gasteiger partial charge in [0.2, 0.25) is 0 Å². The molecule has 0 aliphatic carbocycles. The molecule has 9 heteroatoms. The predicted octanol–water partition coefficient (Wildman–Crippen LogP) is 5.34. The second kappa shape index (κ2) is 9.74. The highest BCUT2D eigenvalue weighted by atomic mass is 35.5. The lowest BCUT2D eigenvalue weighted by molar-refractivity contribution is -0.385. The molecule has 3 aromatic rings. The van der Waals surface area contributed by atoms with E-state index in [1.165, 1.54) is 43.9 Å². The van der Waals surface area contributed by atoms with Gasteiger partial charge in [0, 0.05) is 35.4 Å². The van der Waals surface area contributed by atoms with Crippen LogP contribution in [-0.2, 0) is 0 Å². The van der Waals surface area contributed by atoms with E-state index >= 15 is 0 Å². The number of halogens is 1. The molecule has 8 nitrogen and oxygen atoms in total. The third kappa shape index (κ3) is 5.03. The van der Waals surface area contributed by atoms with Gasteiger partial charge in [0.05, 0.1) is 10.6 Å². The minimum Gasteiger partial charge on any atom is -0.355 e. The first kappa shape index (κ1) is 21.7. The highest BCUT2D eigenvalue weighted by Crippen LogP contribution is 2.25. The molecule has 1 saturated heterocycles. The van der Waals surface area contributed by atoms with Crippen LogP contribution in [0.4, 0.5) is 17.2 Å². The van der Waals surface area contributed by atoms with Crippen molar-refractivity contribution in [2.24, 2.45) is 0 Å². The third-order valence-electron chi connectivity index (χ3n) is 5.42. The molecule has 32 heavy (non-hydrogen) atoms. The van der Waals surface area contributed by atoms with E-state index in [9.17, 15) is 14.9 Å². The van der Waals surface area contributed by atoms with Gasteiger partial charge in [-0.05, 0) is 49.2 Å². The average Bonchev–Trinajstić information content (AvgIpc) is 3.09. The van der Waals surface area contributed by atoms with Crippen molar-refractivity contribution in [3.8, 4) is 11.3 Å². The molecule has 1 N–H and O–H groups in total. The van der Waals surface area contributed by atoms with E-state index in [4.69, 9.17) is 11.6 Å². The molecule has 1 aliphatic heterocycles. The van der Waals surface area contributed by atoms with Crippen molar-refractivity contribution < 1.29 is 9.72 Å². The Morgan fingerprint density at radius 3 is 2.31 bits per heavy atom. The molecule has 2 aromatic carbocycles. The molecular formula is C23H22ClN5O3. The summed E-state index contributed by atoms with van der Waals surface area (Å²) in [6, 6.07) is 14.9. The van der Waals surface area contributed by atoms with Gasteiger partial charge in [-0.25, -0.2) is 0 Å². The second-order valence-corrected chi connectivity index (χ2v) is 8.06. The number of nitrogens with zero attached hydrogens (tertiary/aromatic N) is 4. The third-order valence-corrected chi connectivity index (χ3v) is 5.65. The van der Waals surface area contributed by atoms with Crippen molar-refractivity contribution in [3.63, 3.8) is 0 Å². The van der Waals surface area contributed by atoms with Crippen LogP contribution in [0.5, 0.6) is 0 Å². The Morgan fingerprint density at radius 1 is 0.969 bits per heavy atom. The first-order valence-corrected chi connectivity index (χ1v) is 10.8. The molecule has 0 atom stereocenters. The van der Waals surface area contributed by atoms with E-state index in [0.717, 1.165) is 30.2 Å². The highest BCUT2D eigenvalue weighted by Gasteiger charge is 2.20. The summed E-state index contributed by atoms with van der Waals surface area (Å²) in [4.78, 5) is 25.4. The number of benzene rings is 2. The van der Waals surface area contributed by atoms with Crippen LogP contribution in [0.15, 0.2) is 54.6 Å². The molecule has 4 rings (SSSR count). The molecule has 1 aliphatic rings. The number of hydrogen-bond donors (Lipinski definition) is 1. The first-order chi connectivity index (χ1) is 15.5. The quantitative estimate of drug-likeness (QED) is 0.415. The van der Waals surface area contributed by atoms with Gasteiger partial charge in [0.1, 0.15) is 5.56 Å². The summed E-state index contributed by atoms with van der Waals surface area (Å²) in [7, 11) is 0. The van der Waals surface area contributed by atoms with Crippen LogP contribution in [0, 0.1) is 10.1 Å². The number of rotatable bonds is 5. The van der Waals surface area contributed by atoms with Crippen molar-refractivity contribution >= 4 is 34.7 Å². The molecule has 2 heterocycles. The van der Waals surface area contributed by atoms with Crippen LogP contribution in [0.3, 0.4) is 0 Å². The molecule has 0 spiro atoms. The number of nitro benzene ring substituents is 1. The fourth-order valence-corrected chi connectivity index (χ4v) is 3.89. The van der Waals surface area contributed by atoms with Crippen LogP contribution in [-0.4, -0.2) is 34.1 Å². The Morgan fingerprint density at radius 2 is 1.69 bits per heavy atom. The summed E-state index contributed by atoms with van der Waals surface area (Å²) in [5, 5.41) is 22.9. The van der Waals surface area contributed by atoms with Crippen molar-refractivity contribution in [3.05, 3.63) is 75.3 Å². The number of aromatic nitrogens is 2. The molecule has 164 valence electrons. The largest absolute Gasteiger partial charge is 0.355 e. The van der Waals surface area contributed by atoms with Crippen LogP contribution >= 0.6 is 11.6 Å². The van der Waals surface area contributed by atoms with Gasteiger partial charge in [0.15, 0.2) is 5.82 Å². The van der Waals surface area contributed by atoms with Crippen molar-refractivity contribution in [1.29, 1.82) is 0 Å². The Bertz CT molecular complexity index is 1110. The molecule has 0 saturated carbocycles. The average molecular weight is 452 g/mol. The Hall–Kier alpha value is -3.52. The molecule has 0 radical (unpaired) electrons. The molecule has 0 bridgehead atoms. The van der Waals surface area contributed by atoms with Crippen LogP contribution in [0.1, 0.15) is 36.0 Å². The van der Waals surface area contributed by atoms with E-state index in [-0.39, 0.29) is 16.3 Å². The van der Waals surface area contributed by atoms with E-state index in [0.29, 0.717) is 5.69 Å². The molecular weight excluding hydrogens is 430 g/mol. The molecule has 0 unspecified atom stereocenters. The summed E-state index contributed by atoms with van der Waals surface area (Å²) in [6.07, 6.45) is 4.87. The van der Waals surface area contributed by atoms with Crippen LogP contribution in [0.25, 0.3) is 11.3 Å². The standard InChI is InChI=1S/C23H22ClN5O3/c24-17-7-11-21(29(31)32)19(15-17)23(30)25-18-8-5-16(6-9-18)20-10-12-22(27-26-20)28-13-3-1-2-4-14-28/h5-12,15H,1-4,13-14H2,(H,25,30). The molecule has 1 fully saturated rings. The molecule has 1 amide bonds. The fourth-order valence-electron chi connectivity index (χ4n) is 3.72. The summed E-state index contributed by atoms with van der Waals surface area (Å²) in [5.41, 5.74) is 1.69. The minimum atomic E-state index is -0.609. The summed E-state index contributed by atoms with van der Waals surface area (Å²) in [6.45, 7) is 2.01. The number of nitro groups is 1. The number of anilines is 2. The highest BCUT2D eigenvalue weighted by molar-refractivity contribution is 6.31. The van der Waals surface area contributed by atoms with Crippen molar-refractivity contribution in [2.45, 2.75) is 25.7 Å². The van der Waals surface area contributed by atoms with Gasteiger partial charge in [-0.15, -0.1) is 10.2 Å². The van der Waals surface area contributed by atoms with Gasteiger partial charge < -0.3 is 10.2 Å². The number of carbonyl (C=O) groups is 1. The van der Waals surface area contributed by atoms with Gasteiger partial charge in [-0.1, -0.05) is 36.6 Å². The lowest BCUT2D eigenvalue weighted by atomic mass is 10.1. The van der Waals surface area contributed by atoms with Gasteiger partial charge in [-0.2, -0.15) is 0 Å². The zero-order chi connectivity index (χ0) is 22.5.